The third-order valence-electron chi connectivity index (χ3n) is 4.92. The standard InChI is InChI=1S/C20H29Cl2N7O3S/c1-29(2,13-11-25-20(30)16-18(23)28-19(24)17(22)27-16)12-5-3-4-10-26-33(31,32)15-8-6-14(21)7-9-15/h6-9H,3-5,10-13H2,1-2H3,(H5,23,24,25,28,30). The van der Waals surface area contributed by atoms with Crippen molar-refractivity contribution < 1.29 is 17.7 Å². The molecular formula is C20H29Cl2N7O3S. The Balaban J connectivity index is 1.67. The average Bonchev–Trinajstić information content (AvgIpc) is 2.73. The third-order valence-corrected chi connectivity index (χ3v) is 6.84. The van der Waals surface area contributed by atoms with Gasteiger partial charge in [0.2, 0.25) is 0 Å². The van der Waals surface area contributed by atoms with E-state index >= 15 is 0 Å². The van der Waals surface area contributed by atoms with Gasteiger partial charge in [0.05, 0.1) is 33.7 Å². The number of aromatic nitrogens is 2. The van der Waals surface area contributed by atoms with Crippen molar-refractivity contribution in [3.8, 4) is 0 Å². The number of sulfonamides is 1. The summed E-state index contributed by atoms with van der Waals surface area (Å²) < 4.78 is 28.9. The van der Waals surface area contributed by atoms with Gasteiger partial charge in [-0.1, -0.05) is 29.6 Å². The van der Waals surface area contributed by atoms with Crippen LogP contribution in [-0.2, 0) is 10.0 Å². The smallest absolute Gasteiger partial charge is 0.273 e. The molecule has 0 atom stereocenters. The summed E-state index contributed by atoms with van der Waals surface area (Å²) in [5.74, 6) is -0.573. The molecule has 10 nitrogen and oxygen atoms in total. The number of carbonyl (C=O) groups is 1. The second-order valence-electron chi connectivity index (χ2n) is 8.11. The van der Waals surface area contributed by atoms with E-state index < -0.39 is 15.9 Å². The van der Waals surface area contributed by atoms with Gasteiger partial charge in [0.25, 0.3) is 5.91 Å². The lowest BCUT2D eigenvalue weighted by Gasteiger charge is -2.30. The zero-order valence-electron chi connectivity index (χ0n) is 18.6. The molecule has 2 rings (SSSR count). The van der Waals surface area contributed by atoms with E-state index in [2.05, 4.69) is 34.1 Å². The summed E-state index contributed by atoms with van der Waals surface area (Å²) in [5, 5.41) is 3.17. The summed E-state index contributed by atoms with van der Waals surface area (Å²) in [4.78, 5) is 20.1. The van der Waals surface area contributed by atoms with E-state index in [1.54, 1.807) is 0 Å². The number of nitrogens with one attached hydrogen (secondary N) is 1. The van der Waals surface area contributed by atoms with Gasteiger partial charge in [-0.2, -0.15) is 0 Å². The number of hydrogen-bond donors (Lipinski definition) is 3. The average molecular weight is 518 g/mol. The number of benzene rings is 1. The molecule has 33 heavy (non-hydrogen) atoms. The highest BCUT2D eigenvalue weighted by atomic mass is 35.5. The number of amides is 1. The van der Waals surface area contributed by atoms with Crippen LogP contribution in [0.4, 0.5) is 11.6 Å². The second-order valence-corrected chi connectivity index (χ2v) is 10.6. The highest BCUT2D eigenvalue weighted by molar-refractivity contribution is 7.94. The van der Waals surface area contributed by atoms with Crippen LogP contribution in [0.25, 0.3) is 4.72 Å². The molecule has 1 heterocycles. The topological polar surface area (TPSA) is 155 Å². The van der Waals surface area contributed by atoms with Gasteiger partial charge in [0, 0.05) is 9.92 Å². The fraction of sp³-hybridized carbons (Fsp3) is 0.450. The van der Waals surface area contributed by atoms with Crippen molar-refractivity contribution in [3.63, 3.8) is 0 Å². The number of carbonyl (C=O) groups excluding carboxylic acids is 1. The Hall–Kier alpha value is -2.18. The van der Waals surface area contributed by atoms with E-state index in [4.69, 9.17) is 34.7 Å². The third kappa shape index (κ3) is 8.59. The zero-order valence-corrected chi connectivity index (χ0v) is 20.9. The Kier molecular flexibility index (Phi) is 9.68. The SMILES string of the molecule is C[N+](C)(CCCCC[N-]S(=O)(=O)c1ccc(Cl)cc1)CCNC(=O)c1nc(Cl)c(N)nc1N. The van der Waals surface area contributed by atoms with Crippen molar-refractivity contribution >= 4 is 50.8 Å². The molecule has 0 saturated carbocycles. The number of hydrogen-bond acceptors (Lipinski definition) is 7. The quantitative estimate of drug-likeness (QED) is 0.288. The fourth-order valence-corrected chi connectivity index (χ4v) is 4.22. The maximum absolute atomic E-state index is 12.3. The summed E-state index contributed by atoms with van der Waals surface area (Å²) >= 11 is 11.6. The number of nitrogens with zero attached hydrogens (tertiary/aromatic N) is 4. The van der Waals surface area contributed by atoms with E-state index in [0.29, 0.717) is 29.0 Å². The Morgan fingerprint density at radius 2 is 1.70 bits per heavy atom. The van der Waals surface area contributed by atoms with Crippen molar-refractivity contribution in [1.29, 1.82) is 0 Å². The van der Waals surface area contributed by atoms with Crippen LogP contribution < -0.4 is 16.8 Å². The van der Waals surface area contributed by atoms with Gasteiger partial charge in [0.15, 0.2) is 22.5 Å². The normalized spacial score (nSPS) is 12.0. The van der Waals surface area contributed by atoms with Gasteiger partial charge < -0.3 is 26.0 Å². The van der Waals surface area contributed by atoms with E-state index in [1.165, 1.54) is 24.3 Å². The van der Waals surface area contributed by atoms with Crippen LogP contribution in [0.3, 0.4) is 0 Å². The molecule has 1 aromatic carbocycles. The first-order valence-electron chi connectivity index (χ1n) is 10.3. The number of nitrogen functional groups attached to an aromatic ring is 2. The molecule has 0 fully saturated rings. The van der Waals surface area contributed by atoms with Crippen LogP contribution in [-0.4, -0.2) is 69.1 Å². The molecule has 1 amide bonds. The Labute approximate surface area is 204 Å². The summed E-state index contributed by atoms with van der Waals surface area (Å²) in [5.41, 5.74) is 11.2. The monoisotopic (exact) mass is 517 g/mol. The van der Waals surface area contributed by atoms with E-state index in [0.717, 1.165) is 19.4 Å². The number of nitrogens with two attached hydrogens (primary N) is 2. The van der Waals surface area contributed by atoms with E-state index in [-0.39, 0.29) is 33.9 Å². The predicted octanol–water partition coefficient (Wildman–Crippen LogP) is 2.69. The van der Waals surface area contributed by atoms with Crippen LogP contribution in [0.5, 0.6) is 0 Å². The minimum absolute atomic E-state index is 0.0288. The van der Waals surface area contributed by atoms with Gasteiger partial charge in [-0.3, -0.25) is 4.79 Å². The van der Waals surface area contributed by atoms with Crippen molar-refractivity contribution in [2.75, 3.05) is 51.7 Å². The molecule has 0 unspecified atom stereocenters. The zero-order chi connectivity index (χ0) is 24.6. The number of quaternary nitrogens is 1. The van der Waals surface area contributed by atoms with Crippen LogP contribution >= 0.6 is 23.2 Å². The fourth-order valence-electron chi connectivity index (χ4n) is 2.97. The molecular weight excluding hydrogens is 489 g/mol. The molecule has 0 saturated heterocycles. The van der Waals surface area contributed by atoms with Crippen LogP contribution in [0.1, 0.15) is 29.8 Å². The lowest BCUT2D eigenvalue weighted by Crippen LogP contribution is -2.46. The highest BCUT2D eigenvalue weighted by Crippen LogP contribution is 2.20. The van der Waals surface area contributed by atoms with Gasteiger partial charge in [0.1, 0.15) is 10.0 Å². The Morgan fingerprint density at radius 3 is 2.36 bits per heavy atom. The maximum Gasteiger partial charge on any atom is 0.273 e. The Morgan fingerprint density at radius 1 is 1.03 bits per heavy atom. The summed E-state index contributed by atoms with van der Waals surface area (Å²) in [6.45, 7) is 2.18. The van der Waals surface area contributed by atoms with Gasteiger partial charge in [-0.25, -0.2) is 18.4 Å². The van der Waals surface area contributed by atoms with E-state index in [9.17, 15) is 13.2 Å². The van der Waals surface area contributed by atoms with Gasteiger partial charge in [-0.05, 0) is 37.1 Å². The van der Waals surface area contributed by atoms with Gasteiger partial charge in [-0.15, -0.1) is 6.54 Å². The molecule has 0 aliphatic heterocycles. The molecule has 2 aromatic rings. The minimum Gasteiger partial charge on any atom is -0.545 e. The molecule has 0 aliphatic carbocycles. The minimum atomic E-state index is -3.66. The van der Waals surface area contributed by atoms with Crippen LogP contribution in [0.2, 0.25) is 10.2 Å². The molecule has 1 aromatic heterocycles. The highest BCUT2D eigenvalue weighted by Gasteiger charge is 2.18. The van der Waals surface area contributed by atoms with Crippen LogP contribution in [0, 0.1) is 0 Å². The molecule has 0 radical (unpaired) electrons. The molecule has 0 bridgehead atoms. The number of anilines is 2. The van der Waals surface area contributed by atoms with Gasteiger partial charge >= 0.3 is 0 Å². The largest absolute Gasteiger partial charge is 0.545 e. The molecule has 182 valence electrons. The van der Waals surface area contributed by atoms with Crippen molar-refractivity contribution in [2.24, 2.45) is 0 Å². The molecule has 13 heteroatoms. The van der Waals surface area contributed by atoms with Crippen molar-refractivity contribution in [2.45, 2.75) is 24.2 Å². The number of rotatable bonds is 12. The lowest BCUT2D eigenvalue weighted by atomic mass is 10.2. The summed E-state index contributed by atoms with van der Waals surface area (Å²) in [7, 11) is 0.447. The predicted molar refractivity (Wildman–Crippen MR) is 131 cm³/mol. The second kappa shape index (κ2) is 11.8. The van der Waals surface area contributed by atoms with Crippen molar-refractivity contribution in [3.05, 3.63) is 44.9 Å². The maximum atomic E-state index is 12.3. The lowest BCUT2D eigenvalue weighted by molar-refractivity contribution is -0.889. The van der Waals surface area contributed by atoms with Crippen molar-refractivity contribution in [1.82, 2.24) is 15.3 Å². The molecule has 5 N–H and O–H groups in total. The summed E-state index contributed by atoms with van der Waals surface area (Å²) in [6, 6.07) is 5.95. The molecule has 0 spiro atoms. The first-order chi connectivity index (χ1) is 15.4. The number of unbranched alkanes of at least 4 members (excludes halogenated alkanes) is 2. The number of likely N-dealkylation sites (N-methyl/N-ethyl adjacent to an activating group) is 1. The molecule has 0 aliphatic rings. The van der Waals surface area contributed by atoms with Crippen LogP contribution in [0.15, 0.2) is 29.2 Å². The first kappa shape index (κ1) is 27.1. The Bertz CT molecular complexity index is 1060. The van der Waals surface area contributed by atoms with E-state index in [1.807, 2.05) is 0 Å². The number of halogens is 2. The summed E-state index contributed by atoms with van der Waals surface area (Å²) in [6.07, 6.45) is 2.40. The first-order valence-corrected chi connectivity index (χ1v) is 12.5.